The Morgan fingerprint density at radius 3 is 2.42 bits per heavy atom. The van der Waals surface area contributed by atoms with Crippen LogP contribution >= 0.6 is 0 Å². The first-order chi connectivity index (χ1) is 11.4. The molecule has 0 unspecified atom stereocenters. The molecule has 0 fully saturated rings. The number of hydrogen-bond donors (Lipinski definition) is 1. The Morgan fingerprint density at radius 1 is 1.12 bits per heavy atom. The topological polar surface area (TPSA) is 62.3 Å². The first-order valence-electron chi connectivity index (χ1n) is 7.97. The summed E-state index contributed by atoms with van der Waals surface area (Å²) in [7, 11) is 0. The molecule has 0 aliphatic heterocycles. The molecule has 0 bridgehead atoms. The van der Waals surface area contributed by atoms with Crippen LogP contribution in [0, 0.1) is 13.8 Å². The fourth-order valence-electron chi connectivity index (χ4n) is 2.54. The van der Waals surface area contributed by atoms with Gasteiger partial charge in [0.1, 0.15) is 0 Å². The van der Waals surface area contributed by atoms with Gasteiger partial charge in [-0.05, 0) is 49.2 Å². The summed E-state index contributed by atoms with van der Waals surface area (Å²) in [4.78, 5) is 29.8. The van der Waals surface area contributed by atoms with Crippen molar-refractivity contribution in [3.8, 4) is 0 Å². The number of hydrogen-bond acceptors (Lipinski definition) is 3. The van der Waals surface area contributed by atoms with Crippen LogP contribution in [0.3, 0.4) is 0 Å². The van der Waals surface area contributed by atoms with Crippen molar-refractivity contribution in [2.24, 2.45) is 0 Å². The second kappa shape index (κ2) is 8.24. The Labute approximate surface area is 142 Å². The number of nitrogens with one attached hydrogen (secondary N) is 1. The van der Waals surface area contributed by atoms with E-state index in [1.54, 1.807) is 11.1 Å². The van der Waals surface area contributed by atoms with Gasteiger partial charge in [-0.25, -0.2) is 0 Å². The van der Waals surface area contributed by atoms with Gasteiger partial charge in [0, 0.05) is 31.8 Å². The Kier molecular flexibility index (Phi) is 6.07. The molecule has 2 aromatic rings. The minimum Gasteiger partial charge on any atom is -0.337 e. The predicted molar refractivity (Wildman–Crippen MR) is 94.5 cm³/mol. The fraction of sp³-hybridized carbons (Fsp3) is 0.316. The molecule has 2 amide bonds. The van der Waals surface area contributed by atoms with Crippen LogP contribution in [0.15, 0.2) is 42.6 Å². The lowest BCUT2D eigenvalue weighted by Gasteiger charge is -2.20. The van der Waals surface area contributed by atoms with Crippen LogP contribution in [0.25, 0.3) is 0 Å². The summed E-state index contributed by atoms with van der Waals surface area (Å²) in [5.74, 6) is -0.174. The Bertz CT molecular complexity index is 694. The summed E-state index contributed by atoms with van der Waals surface area (Å²) in [5.41, 5.74) is 3.80. The van der Waals surface area contributed by atoms with E-state index in [1.165, 1.54) is 6.92 Å². The van der Waals surface area contributed by atoms with Crippen LogP contribution in [0.4, 0.5) is 5.69 Å². The standard InChI is InChI=1S/C19H23N3O2/c1-14-10-15(2)12-18(11-14)21-19(24)7-9-22(16(3)23)13-17-6-4-5-8-20-17/h4-6,8,10-12H,7,9,13H2,1-3H3,(H,21,24). The van der Waals surface area contributed by atoms with Crippen molar-refractivity contribution in [2.75, 3.05) is 11.9 Å². The van der Waals surface area contributed by atoms with Gasteiger partial charge in [-0.2, -0.15) is 0 Å². The summed E-state index contributed by atoms with van der Waals surface area (Å²) < 4.78 is 0. The van der Waals surface area contributed by atoms with Crippen molar-refractivity contribution in [1.29, 1.82) is 0 Å². The van der Waals surface area contributed by atoms with Gasteiger partial charge in [0.05, 0.1) is 12.2 Å². The number of nitrogens with zero attached hydrogens (tertiary/aromatic N) is 2. The molecule has 5 heteroatoms. The van der Waals surface area contributed by atoms with Crippen molar-refractivity contribution in [3.63, 3.8) is 0 Å². The molecule has 1 aromatic heterocycles. The molecule has 0 atom stereocenters. The molecule has 5 nitrogen and oxygen atoms in total. The van der Waals surface area contributed by atoms with E-state index >= 15 is 0 Å². The fourth-order valence-corrected chi connectivity index (χ4v) is 2.54. The number of carbonyl (C=O) groups is 2. The van der Waals surface area contributed by atoms with Gasteiger partial charge < -0.3 is 10.2 Å². The maximum absolute atomic E-state index is 12.1. The molecular weight excluding hydrogens is 302 g/mol. The molecule has 0 saturated heterocycles. The van der Waals surface area contributed by atoms with E-state index in [0.29, 0.717) is 13.1 Å². The molecule has 126 valence electrons. The molecule has 2 rings (SSSR count). The SMILES string of the molecule is CC(=O)N(CCC(=O)Nc1cc(C)cc(C)c1)Cc1ccccn1. The third-order valence-electron chi connectivity index (χ3n) is 3.64. The third kappa shape index (κ3) is 5.50. The highest BCUT2D eigenvalue weighted by atomic mass is 16.2. The highest BCUT2D eigenvalue weighted by molar-refractivity contribution is 5.91. The predicted octanol–water partition coefficient (Wildman–Crippen LogP) is 3.08. The molecule has 0 radical (unpaired) electrons. The lowest BCUT2D eigenvalue weighted by molar-refractivity contribution is -0.130. The zero-order valence-electron chi connectivity index (χ0n) is 14.4. The molecule has 0 aliphatic carbocycles. The lowest BCUT2D eigenvalue weighted by atomic mass is 10.1. The number of amides is 2. The van der Waals surface area contributed by atoms with Crippen molar-refractivity contribution in [3.05, 3.63) is 59.4 Å². The Morgan fingerprint density at radius 2 is 1.83 bits per heavy atom. The summed E-state index contributed by atoms with van der Waals surface area (Å²) >= 11 is 0. The van der Waals surface area contributed by atoms with Crippen LogP contribution < -0.4 is 5.32 Å². The van der Waals surface area contributed by atoms with E-state index in [9.17, 15) is 9.59 Å². The molecular formula is C19H23N3O2. The molecule has 24 heavy (non-hydrogen) atoms. The molecule has 1 N–H and O–H groups in total. The average molecular weight is 325 g/mol. The van der Waals surface area contributed by atoms with Crippen molar-refractivity contribution < 1.29 is 9.59 Å². The number of benzene rings is 1. The second-order valence-electron chi connectivity index (χ2n) is 5.94. The van der Waals surface area contributed by atoms with E-state index in [2.05, 4.69) is 16.4 Å². The van der Waals surface area contributed by atoms with Crippen LogP contribution in [0.1, 0.15) is 30.2 Å². The largest absolute Gasteiger partial charge is 0.337 e. The van der Waals surface area contributed by atoms with E-state index in [1.807, 2.05) is 44.2 Å². The summed E-state index contributed by atoms with van der Waals surface area (Å²) in [6.07, 6.45) is 1.94. The first-order valence-corrected chi connectivity index (χ1v) is 7.97. The summed E-state index contributed by atoms with van der Waals surface area (Å²) in [5, 5.41) is 2.89. The Hall–Kier alpha value is -2.69. The monoisotopic (exact) mass is 325 g/mol. The molecule has 1 heterocycles. The van der Waals surface area contributed by atoms with E-state index in [4.69, 9.17) is 0 Å². The van der Waals surface area contributed by atoms with E-state index < -0.39 is 0 Å². The molecule has 0 spiro atoms. The zero-order chi connectivity index (χ0) is 17.5. The van der Waals surface area contributed by atoms with Gasteiger partial charge in [0.25, 0.3) is 0 Å². The van der Waals surface area contributed by atoms with Crippen LogP contribution in [-0.2, 0) is 16.1 Å². The lowest BCUT2D eigenvalue weighted by Crippen LogP contribution is -2.31. The number of aromatic nitrogens is 1. The van der Waals surface area contributed by atoms with Gasteiger partial charge in [-0.3, -0.25) is 14.6 Å². The van der Waals surface area contributed by atoms with Gasteiger partial charge in [-0.1, -0.05) is 12.1 Å². The normalized spacial score (nSPS) is 10.3. The zero-order valence-corrected chi connectivity index (χ0v) is 14.4. The van der Waals surface area contributed by atoms with E-state index in [0.717, 1.165) is 22.5 Å². The van der Waals surface area contributed by atoms with Crippen molar-refractivity contribution in [2.45, 2.75) is 33.7 Å². The summed E-state index contributed by atoms with van der Waals surface area (Å²) in [6, 6.07) is 11.5. The summed E-state index contributed by atoms with van der Waals surface area (Å²) in [6.45, 7) is 6.26. The van der Waals surface area contributed by atoms with Crippen molar-refractivity contribution in [1.82, 2.24) is 9.88 Å². The van der Waals surface area contributed by atoms with Crippen molar-refractivity contribution >= 4 is 17.5 Å². The van der Waals surface area contributed by atoms with Crippen LogP contribution in [-0.4, -0.2) is 28.2 Å². The highest BCUT2D eigenvalue weighted by Crippen LogP contribution is 2.14. The minimum absolute atomic E-state index is 0.0696. The van der Waals surface area contributed by atoms with E-state index in [-0.39, 0.29) is 18.2 Å². The second-order valence-corrected chi connectivity index (χ2v) is 5.94. The number of anilines is 1. The molecule has 1 aromatic carbocycles. The van der Waals surface area contributed by atoms with Gasteiger partial charge in [0.15, 0.2) is 0 Å². The average Bonchev–Trinajstić information content (AvgIpc) is 2.51. The quantitative estimate of drug-likeness (QED) is 0.888. The smallest absolute Gasteiger partial charge is 0.226 e. The third-order valence-corrected chi connectivity index (χ3v) is 3.64. The first kappa shape index (κ1) is 17.7. The highest BCUT2D eigenvalue weighted by Gasteiger charge is 2.12. The number of rotatable bonds is 6. The minimum atomic E-state index is -0.104. The van der Waals surface area contributed by atoms with Crippen LogP contribution in [0.5, 0.6) is 0 Å². The number of carbonyl (C=O) groups excluding carboxylic acids is 2. The number of pyridine rings is 1. The molecule has 0 saturated carbocycles. The number of aryl methyl sites for hydroxylation is 2. The Balaban J connectivity index is 1.91. The van der Waals surface area contributed by atoms with Gasteiger partial charge in [-0.15, -0.1) is 0 Å². The maximum Gasteiger partial charge on any atom is 0.226 e. The van der Waals surface area contributed by atoms with Gasteiger partial charge in [0.2, 0.25) is 11.8 Å². The van der Waals surface area contributed by atoms with Crippen LogP contribution in [0.2, 0.25) is 0 Å². The maximum atomic E-state index is 12.1. The van der Waals surface area contributed by atoms with Gasteiger partial charge >= 0.3 is 0 Å². The molecule has 0 aliphatic rings.